The molecule has 0 spiro atoms. The van der Waals surface area contributed by atoms with Crippen molar-refractivity contribution in [3.05, 3.63) is 36.5 Å². The average molecular weight is 192 g/mol. The fraction of sp³-hybridized carbons (Fsp3) is 0.462. The first-order chi connectivity index (χ1) is 6.63. The molecule has 0 fully saturated rings. The molecule has 0 aromatic carbocycles. The Morgan fingerprint density at radius 1 is 1.14 bits per heavy atom. The third-order valence-electron chi connectivity index (χ3n) is 1.71. The number of carbonyl (C=O) groups excluding carboxylic acids is 1. The Balaban J connectivity index is 3.56. The minimum atomic E-state index is 0.0819. The van der Waals surface area contributed by atoms with Crippen LogP contribution in [0.4, 0.5) is 0 Å². The van der Waals surface area contributed by atoms with Gasteiger partial charge in [0.25, 0.3) is 0 Å². The monoisotopic (exact) mass is 192 g/mol. The van der Waals surface area contributed by atoms with Gasteiger partial charge in [-0.15, -0.1) is 0 Å². The predicted molar refractivity (Wildman–Crippen MR) is 62.2 cm³/mol. The summed E-state index contributed by atoms with van der Waals surface area (Å²) in [5.41, 5.74) is 0. The molecule has 0 saturated heterocycles. The van der Waals surface area contributed by atoms with E-state index in [0.29, 0.717) is 0 Å². The Morgan fingerprint density at radius 2 is 1.79 bits per heavy atom. The third kappa shape index (κ3) is 10.9. The quantitative estimate of drug-likeness (QED) is 0.463. The molecule has 0 aromatic heterocycles. The maximum atomic E-state index is 10.5. The van der Waals surface area contributed by atoms with Gasteiger partial charge in [-0.25, -0.2) is 0 Å². The average Bonchev–Trinajstić information content (AvgIpc) is 2.08. The van der Waals surface area contributed by atoms with Crippen molar-refractivity contribution in [1.29, 1.82) is 0 Å². The van der Waals surface area contributed by atoms with Gasteiger partial charge in [-0.05, 0) is 31.8 Å². The van der Waals surface area contributed by atoms with Gasteiger partial charge in [0.2, 0.25) is 0 Å². The van der Waals surface area contributed by atoms with E-state index in [0.717, 1.165) is 12.3 Å². The summed E-state index contributed by atoms with van der Waals surface area (Å²) in [6, 6.07) is 0. The van der Waals surface area contributed by atoms with Crippen molar-refractivity contribution in [2.75, 3.05) is 0 Å². The molecule has 0 aliphatic carbocycles. The molecule has 0 rings (SSSR count). The molecule has 0 atom stereocenters. The number of ketones is 1. The Labute approximate surface area is 87.2 Å². The van der Waals surface area contributed by atoms with Crippen molar-refractivity contribution in [2.45, 2.75) is 33.6 Å². The van der Waals surface area contributed by atoms with E-state index in [1.807, 2.05) is 18.2 Å². The van der Waals surface area contributed by atoms with Gasteiger partial charge >= 0.3 is 0 Å². The first-order valence-electron chi connectivity index (χ1n) is 5.13. The molecule has 14 heavy (non-hydrogen) atoms. The van der Waals surface area contributed by atoms with Crippen molar-refractivity contribution in [2.24, 2.45) is 5.92 Å². The van der Waals surface area contributed by atoms with Gasteiger partial charge in [-0.1, -0.05) is 44.2 Å². The lowest BCUT2D eigenvalue weighted by Gasteiger charge is -1.97. The first kappa shape index (κ1) is 12.9. The minimum Gasteiger partial charge on any atom is -0.295 e. The molecule has 78 valence electrons. The summed E-state index contributed by atoms with van der Waals surface area (Å²) in [5.74, 6) is 0.847. The van der Waals surface area contributed by atoms with Gasteiger partial charge in [0, 0.05) is 0 Å². The number of allylic oxidation sites excluding steroid dienone is 6. The summed E-state index contributed by atoms with van der Waals surface area (Å²) in [6.07, 6.45) is 13.7. The molecular weight excluding hydrogens is 172 g/mol. The number of hydrogen-bond donors (Lipinski definition) is 0. The van der Waals surface area contributed by atoms with Crippen LogP contribution in [0.25, 0.3) is 0 Å². The zero-order chi connectivity index (χ0) is 10.8. The van der Waals surface area contributed by atoms with Crippen LogP contribution in [-0.4, -0.2) is 5.78 Å². The van der Waals surface area contributed by atoms with E-state index >= 15 is 0 Å². The molecule has 0 radical (unpaired) electrons. The summed E-state index contributed by atoms with van der Waals surface area (Å²) < 4.78 is 0. The Bertz CT molecular complexity index is 232. The molecule has 1 nitrogen and oxygen atoms in total. The van der Waals surface area contributed by atoms with Crippen LogP contribution < -0.4 is 0 Å². The Morgan fingerprint density at radius 3 is 2.36 bits per heavy atom. The highest BCUT2D eigenvalue weighted by Gasteiger charge is 1.88. The predicted octanol–water partition coefficient (Wildman–Crippen LogP) is 3.68. The van der Waals surface area contributed by atoms with Crippen molar-refractivity contribution >= 4 is 5.78 Å². The molecule has 0 unspecified atom stereocenters. The fourth-order valence-electron chi connectivity index (χ4n) is 0.924. The number of hydrogen-bond acceptors (Lipinski definition) is 1. The summed E-state index contributed by atoms with van der Waals surface area (Å²) in [5, 5.41) is 0. The van der Waals surface area contributed by atoms with E-state index in [1.54, 1.807) is 19.1 Å². The Kier molecular flexibility index (Phi) is 7.81. The lowest BCUT2D eigenvalue weighted by molar-refractivity contribution is -0.112. The molecule has 0 heterocycles. The second-order valence-electron chi connectivity index (χ2n) is 3.75. The molecule has 0 aliphatic rings. The summed E-state index contributed by atoms with van der Waals surface area (Å²) in [4.78, 5) is 10.5. The Hall–Kier alpha value is -1.11. The molecule has 0 bridgehead atoms. The highest BCUT2D eigenvalue weighted by molar-refractivity contribution is 5.87. The van der Waals surface area contributed by atoms with E-state index in [1.165, 1.54) is 6.42 Å². The van der Waals surface area contributed by atoms with Crippen LogP contribution in [0.3, 0.4) is 0 Å². The van der Waals surface area contributed by atoms with Crippen LogP contribution >= 0.6 is 0 Å². The summed E-state index contributed by atoms with van der Waals surface area (Å²) in [6.45, 7) is 5.99. The topological polar surface area (TPSA) is 17.1 Å². The molecular formula is C13H20O. The van der Waals surface area contributed by atoms with Gasteiger partial charge in [-0.2, -0.15) is 0 Å². The largest absolute Gasteiger partial charge is 0.295 e. The van der Waals surface area contributed by atoms with Crippen LogP contribution in [0, 0.1) is 5.92 Å². The second-order valence-corrected chi connectivity index (χ2v) is 3.75. The van der Waals surface area contributed by atoms with Crippen LogP contribution in [0.1, 0.15) is 33.6 Å². The minimum absolute atomic E-state index is 0.0819. The SMILES string of the molecule is CC(=O)/C=C/C=C/C=C/CCC(C)C. The smallest absolute Gasteiger partial charge is 0.152 e. The van der Waals surface area contributed by atoms with Crippen LogP contribution in [0.15, 0.2) is 36.5 Å². The standard InChI is InChI=1S/C13H20O/c1-12(2)10-8-6-4-5-7-9-11-13(3)14/h4-7,9,11-12H,8,10H2,1-3H3/b6-4+,7-5+,11-9+. The fourth-order valence-corrected chi connectivity index (χ4v) is 0.924. The molecule has 0 aromatic rings. The van der Waals surface area contributed by atoms with E-state index in [4.69, 9.17) is 0 Å². The lowest BCUT2D eigenvalue weighted by atomic mass is 10.1. The van der Waals surface area contributed by atoms with Crippen LogP contribution in [0.2, 0.25) is 0 Å². The normalized spacial score (nSPS) is 12.6. The highest BCUT2D eigenvalue weighted by Crippen LogP contribution is 2.03. The van der Waals surface area contributed by atoms with E-state index in [2.05, 4.69) is 19.9 Å². The van der Waals surface area contributed by atoms with Gasteiger partial charge in [0.15, 0.2) is 5.78 Å². The molecule has 1 heteroatoms. The van der Waals surface area contributed by atoms with E-state index in [9.17, 15) is 4.79 Å². The van der Waals surface area contributed by atoms with Crippen molar-refractivity contribution < 1.29 is 4.79 Å². The zero-order valence-corrected chi connectivity index (χ0v) is 9.36. The molecule has 0 aliphatic heterocycles. The van der Waals surface area contributed by atoms with Gasteiger partial charge in [-0.3, -0.25) is 4.79 Å². The van der Waals surface area contributed by atoms with Gasteiger partial charge < -0.3 is 0 Å². The van der Waals surface area contributed by atoms with Crippen molar-refractivity contribution in [1.82, 2.24) is 0 Å². The van der Waals surface area contributed by atoms with Gasteiger partial charge in [0.05, 0.1) is 0 Å². The number of carbonyl (C=O) groups is 1. The van der Waals surface area contributed by atoms with Gasteiger partial charge in [0.1, 0.15) is 0 Å². The maximum Gasteiger partial charge on any atom is 0.152 e. The zero-order valence-electron chi connectivity index (χ0n) is 9.36. The second kappa shape index (κ2) is 8.49. The third-order valence-corrected chi connectivity index (χ3v) is 1.71. The molecule has 0 N–H and O–H groups in total. The summed E-state index contributed by atoms with van der Waals surface area (Å²) >= 11 is 0. The first-order valence-corrected chi connectivity index (χ1v) is 5.13. The van der Waals surface area contributed by atoms with Crippen molar-refractivity contribution in [3.63, 3.8) is 0 Å². The van der Waals surface area contributed by atoms with E-state index in [-0.39, 0.29) is 5.78 Å². The maximum absolute atomic E-state index is 10.5. The number of rotatable bonds is 6. The summed E-state index contributed by atoms with van der Waals surface area (Å²) in [7, 11) is 0. The molecule has 0 saturated carbocycles. The van der Waals surface area contributed by atoms with Crippen molar-refractivity contribution in [3.8, 4) is 0 Å². The van der Waals surface area contributed by atoms with Crippen LogP contribution in [0.5, 0.6) is 0 Å². The lowest BCUT2D eigenvalue weighted by Crippen LogP contribution is -1.83. The van der Waals surface area contributed by atoms with Crippen LogP contribution in [-0.2, 0) is 4.79 Å². The molecule has 0 amide bonds. The van der Waals surface area contributed by atoms with E-state index < -0.39 is 0 Å². The highest BCUT2D eigenvalue weighted by atomic mass is 16.1.